The predicted octanol–water partition coefficient (Wildman–Crippen LogP) is 2.42. The van der Waals surface area contributed by atoms with Crippen LogP contribution in [-0.2, 0) is 9.53 Å². The van der Waals surface area contributed by atoms with E-state index in [1.165, 1.54) is 25.3 Å². The van der Waals surface area contributed by atoms with Crippen LogP contribution in [-0.4, -0.2) is 23.2 Å². The molecule has 2 rings (SSSR count). The Morgan fingerprint density at radius 1 is 1.15 bits per heavy atom. The van der Waals surface area contributed by atoms with Crippen molar-refractivity contribution in [1.82, 2.24) is 0 Å². The largest absolute Gasteiger partial charge is 0.508 e. The van der Waals surface area contributed by atoms with Gasteiger partial charge in [-0.25, -0.2) is 0 Å². The van der Waals surface area contributed by atoms with Crippen molar-refractivity contribution in [2.45, 2.75) is 6.10 Å². The first-order valence-electron chi connectivity index (χ1n) is 6.02. The Morgan fingerprint density at radius 2 is 1.85 bits per heavy atom. The van der Waals surface area contributed by atoms with Gasteiger partial charge in [0.1, 0.15) is 11.5 Å². The van der Waals surface area contributed by atoms with Crippen LogP contribution in [0.25, 0.3) is 0 Å². The number of benzene rings is 2. The Balaban J connectivity index is 2.20. The van der Waals surface area contributed by atoms with Crippen molar-refractivity contribution in [1.29, 1.82) is 0 Å². The van der Waals surface area contributed by atoms with Crippen LogP contribution in [0.1, 0.15) is 11.7 Å². The number of hydrogen-bond acceptors (Lipinski definition) is 4. The highest BCUT2D eigenvalue weighted by Gasteiger charge is 2.20. The van der Waals surface area contributed by atoms with E-state index in [0.29, 0.717) is 5.56 Å². The molecule has 0 aliphatic rings. The summed E-state index contributed by atoms with van der Waals surface area (Å²) < 4.78 is 5.18. The Bertz CT molecular complexity index is 598. The smallest absolute Gasteiger partial charge is 0.258 e. The van der Waals surface area contributed by atoms with Gasteiger partial charge in [0.15, 0.2) is 6.10 Å². The Labute approximate surface area is 116 Å². The molecule has 0 heterocycles. The van der Waals surface area contributed by atoms with E-state index >= 15 is 0 Å². The van der Waals surface area contributed by atoms with Gasteiger partial charge in [0, 0.05) is 13.2 Å². The van der Waals surface area contributed by atoms with Gasteiger partial charge in [-0.05, 0) is 17.7 Å². The minimum Gasteiger partial charge on any atom is -0.508 e. The first kappa shape index (κ1) is 13.9. The van der Waals surface area contributed by atoms with Crippen molar-refractivity contribution in [3.05, 3.63) is 54.1 Å². The Kier molecular flexibility index (Phi) is 4.22. The van der Waals surface area contributed by atoms with E-state index in [0.717, 1.165) is 0 Å². The molecule has 1 amide bonds. The molecule has 104 valence electrons. The molecule has 3 N–H and O–H groups in total. The minimum absolute atomic E-state index is 0.0493. The number of aromatic hydroxyl groups is 2. The molecule has 5 heteroatoms. The van der Waals surface area contributed by atoms with E-state index in [4.69, 9.17) is 4.74 Å². The molecule has 0 saturated carbocycles. The van der Waals surface area contributed by atoms with Crippen LogP contribution in [0.5, 0.6) is 11.5 Å². The maximum absolute atomic E-state index is 12.2. The van der Waals surface area contributed by atoms with Crippen molar-refractivity contribution in [3.63, 3.8) is 0 Å². The number of carbonyl (C=O) groups excluding carboxylic acids is 1. The molecule has 5 nitrogen and oxygen atoms in total. The number of rotatable bonds is 4. The quantitative estimate of drug-likeness (QED) is 0.590. The number of amides is 1. The molecular weight excluding hydrogens is 258 g/mol. The van der Waals surface area contributed by atoms with Gasteiger partial charge >= 0.3 is 0 Å². The number of ether oxygens (including phenoxy) is 1. The molecule has 0 radical (unpaired) electrons. The maximum atomic E-state index is 12.2. The average molecular weight is 273 g/mol. The molecule has 0 fully saturated rings. The summed E-state index contributed by atoms with van der Waals surface area (Å²) in [6, 6.07) is 12.9. The second-order valence-electron chi connectivity index (χ2n) is 4.22. The topological polar surface area (TPSA) is 78.8 Å². The highest BCUT2D eigenvalue weighted by atomic mass is 16.5. The first-order chi connectivity index (χ1) is 9.61. The van der Waals surface area contributed by atoms with E-state index in [9.17, 15) is 15.0 Å². The van der Waals surface area contributed by atoms with Crippen LogP contribution in [0.15, 0.2) is 48.5 Å². The summed E-state index contributed by atoms with van der Waals surface area (Å²) in [4.78, 5) is 12.2. The Hall–Kier alpha value is -2.53. The van der Waals surface area contributed by atoms with Crippen molar-refractivity contribution in [2.24, 2.45) is 0 Å². The molecular formula is C15H15NO4. The summed E-state index contributed by atoms with van der Waals surface area (Å²) >= 11 is 0. The van der Waals surface area contributed by atoms with Crippen LogP contribution < -0.4 is 5.32 Å². The monoisotopic (exact) mass is 273 g/mol. The molecule has 0 aromatic heterocycles. The lowest BCUT2D eigenvalue weighted by atomic mass is 10.1. The fourth-order valence-corrected chi connectivity index (χ4v) is 1.84. The average Bonchev–Trinajstić information content (AvgIpc) is 2.45. The van der Waals surface area contributed by atoms with Gasteiger partial charge in [0.05, 0.1) is 5.69 Å². The summed E-state index contributed by atoms with van der Waals surface area (Å²) in [6.07, 6.45) is -0.794. The highest BCUT2D eigenvalue weighted by molar-refractivity contribution is 5.96. The second-order valence-corrected chi connectivity index (χ2v) is 4.22. The number of phenolic OH excluding ortho intramolecular Hbond substituents is 2. The van der Waals surface area contributed by atoms with E-state index in [1.807, 2.05) is 6.07 Å². The van der Waals surface area contributed by atoms with Gasteiger partial charge in [-0.15, -0.1) is 0 Å². The third kappa shape index (κ3) is 3.07. The standard InChI is InChI=1S/C15H15NO4/c1-20-14(10-5-3-2-4-6-10)15(19)16-12-9-11(17)7-8-13(12)18/h2-9,14,17-18H,1H3,(H,16,19). The molecule has 0 aliphatic carbocycles. The van der Waals surface area contributed by atoms with E-state index in [1.54, 1.807) is 24.3 Å². The maximum Gasteiger partial charge on any atom is 0.258 e. The van der Waals surface area contributed by atoms with Crippen LogP contribution in [0, 0.1) is 0 Å². The van der Waals surface area contributed by atoms with Gasteiger partial charge in [-0.1, -0.05) is 30.3 Å². The number of hydrogen-bond donors (Lipinski definition) is 3. The van der Waals surface area contributed by atoms with Crippen LogP contribution in [0.2, 0.25) is 0 Å². The molecule has 1 unspecified atom stereocenters. The molecule has 0 saturated heterocycles. The number of phenols is 2. The number of methoxy groups -OCH3 is 1. The zero-order chi connectivity index (χ0) is 14.5. The lowest BCUT2D eigenvalue weighted by Crippen LogP contribution is -2.22. The van der Waals surface area contributed by atoms with Gasteiger partial charge < -0.3 is 20.3 Å². The van der Waals surface area contributed by atoms with Crippen LogP contribution >= 0.6 is 0 Å². The third-order valence-corrected chi connectivity index (χ3v) is 2.81. The zero-order valence-corrected chi connectivity index (χ0v) is 10.9. The highest BCUT2D eigenvalue weighted by Crippen LogP contribution is 2.28. The molecule has 0 bridgehead atoms. The van der Waals surface area contributed by atoms with Gasteiger partial charge in [-0.2, -0.15) is 0 Å². The summed E-state index contributed by atoms with van der Waals surface area (Å²) in [5, 5.41) is 21.5. The fourth-order valence-electron chi connectivity index (χ4n) is 1.84. The molecule has 2 aromatic rings. The van der Waals surface area contributed by atoms with Gasteiger partial charge in [-0.3, -0.25) is 4.79 Å². The molecule has 0 spiro atoms. The summed E-state index contributed by atoms with van der Waals surface area (Å²) in [6.45, 7) is 0. The predicted molar refractivity (Wildman–Crippen MR) is 74.6 cm³/mol. The van der Waals surface area contributed by atoms with Crippen LogP contribution in [0.3, 0.4) is 0 Å². The van der Waals surface area contributed by atoms with Crippen molar-refractivity contribution >= 4 is 11.6 Å². The van der Waals surface area contributed by atoms with Gasteiger partial charge in [0.25, 0.3) is 5.91 Å². The van der Waals surface area contributed by atoms with Gasteiger partial charge in [0.2, 0.25) is 0 Å². The third-order valence-electron chi connectivity index (χ3n) is 2.81. The van der Waals surface area contributed by atoms with Crippen LogP contribution in [0.4, 0.5) is 5.69 Å². The molecule has 2 aromatic carbocycles. The fraction of sp³-hybridized carbons (Fsp3) is 0.133. The Morgan fingerprint density at radius 3 is 2.50 bits per heavy atom. The lowest BCUT2D eigenvalue weighted by molar-refractivity contribution is -0.126. The van der Waals surface area contributed by atoms with E-state index < -0.39 is 12.0 Å². The van der Waals surface area contributed by atoms with E-state index in [2.05, 4.69) is 5.32 Å². The minimum atomic E-state index is -0.794. The number of anilines is 1. The SMILES string of the molecule is COC(C(=O)Nc1cc(O)ccc1O)c1ccccc1. The zero-order valence-electron chi connectivity index (χ0n) is 10.9. The normalized spacial score (nSPS) is 11.8. The lowest BCUT2D eigenvalue weighted by Gasteiger charge is -2.16. The first-order valence-corrected chi connectivity index (χ1v) is 6.02. The summed E-state index contributed by atoms with van der Waals surface area (Å²) in [5.74, 6) is -0.606. The van der Waals surface area contributed by atoms with Crippen molar-refractivity contribution < 1.29 is 19.7 Å². The summed E-state index contributed by atoms with van der Waals surface area (Å²) in [7, 11) is 1.43. The van der Waals surface area contributed by atoms with E-state index in [-0.39, 0.29) is 17.2 Å². The number of carbonyl (C=O) groups is 1. The molecule has 20 heavy (non-hydrogen) atoms. The summed E-state index contributed by atoms with van der Waals surface area (Å²) in [5.41, 5.74) is 0.833. The molecule has 1 atom stereocenters. The number of nitrogens with one attached hydrogen (secondary N) is 1. The second kappa shape index (κ2) is 6.08. The van der Waals surface area contributed by atoms with Crippen molar-refractivity contribution in [2.75, 3.05) is 12.4 Å². The van der Waals surface area contributed by atoms with Crippen molar-refractivity contribution in [3.8, 4) is 11.5 Å². The molecule has 0 aliphatic heterocycles.